The van der Waals surface area contributed by atoms with E-state index in [1.165, 1.54) is 19.1 Å². The number of hydrogen-bond acceptors (Lipinski definition) is 5. The van der Waals surface area contributed by atoms with E-state index in [0.29, 0.717) is 17.9 Å². The van der Waals surface area contributed by atoms with E-state index < -0.39 is 0 Å². The Hall–Kier alpha value is -1.37. The molecular weight excluding hydrogens is 294 g/mol. The number of carbonyl (C=O) groups is 1. The van der Waals surface area contributed by atoms with E-state index in [0.717, 1.165) is 39.1 Å². The fourth-order valence-corrected chi connectivity index (χ4v) is 4.04. The molecule has 1 saturated heterocycles. The Bertz CT molecular complexity index is 531. The SMILES string of the molecule is CC(NC(=O)c1coc(CN)c1)C1(N2CCOCC2)CCCC1. The Kier molecular flexibility index (Phi) is 5.04. The van der Waals surface area contributed by atoms with Gasteiger partial charge in [-0.3, -0.25) is 9.69 Å². The second-order valence-corrected chi connectivity index (χ2v) is 6.61. The number of amides is 1. The molecule has 0 aromatic carbocycles. The van der Waals surface area contributed by atoms with Crippen molar-refractivity contribution in [2.75, 3.05) is 26.3 Å². The van der Waals surface area contributed by atoms with Crippen molar-refractivity contribution in [3.63, 3.8) is 0 Å². The highest BCUT2D eigenvalue weighted by Gasteiger charge is 2.45. The second kappa shape index (κ2) is 7.03. The van der Waals surface area contributed by atoms with Crippen LogP contribution in [0, 0.1) is 0 Å². The third-order valence-corrected chi connectivity index (χ3v) is 5.38. The smallest absolute Gasteiger partial charge is 0.254 e. The van der Waals surface area contributed by atoms with Gasteiger partial charge < -0.3 is 20.2 Å². The van der Waals surface area contributed by atoms with Crippen LogP contribution in [0.2, 0.25) is 0 Å². The van der Waals surface area contributed by atoms with Crippen molar-refractivity contribution in [2.45, 2.75) is 50.7 Å². The molecule has 6 heteroatoms. The van der Waals surface area contributed by atoms with Crippen LogP contribution >= 0.6 is 0 Å². The molecule has 23 heavy (non-hydrogen) atoms. The molecule has 6 nitrogen and oxygen atoms in total. The molecule has 1 aromatic rings. The van der Waals surface area contributed by atoms with Crippen LogP contribution in [0.4, 0.5) is 0 Å². The molecule has 1 aliphatic heterocycles. The van der Waals surface area contributed by atoms with Gasteiger partial charge in [-0.25, -0.2) is 0 Å². The van der Waals surface area contributed by atoms with Gasteiger partial charge in [-0.2, -0.15) is 0 Å². The van der Waals surface area contributed by atoms with Gasteiger partial charge >= 0.3 is 0 Å². The standard InChI is InChI=1S/C17H27N3O3/c1-13(19-16(21)14-10-15(11-18)23-12-14)17(4-2-3-5-17)20-6-8-22-9-7-20/h10,12-13H,2-9,11,18H2,1H3,(H,19,21). The van der Waals surface area contributed by atoms with Crippen LogP contribution in [0.25, 0.3) is 0 Å². The lowest BCUT2D eigenvalue weighted by Crippen LogP contribution is -2.62. The molecule has 1 unspecified atom stereocenters. The van der Waals surface area contributed by atoms with Crippen molar-refractivity contribution >= 4 is 5.91 Å². The molecule has 3 N–H and O–H groups in total. The van der Waals surface area contributed by atoms with Crippen molar-refractivity contribution < 1.29 is 13.9 Å². The van der Waals surface area contributed by atoms with Crippen LogP contribution in [0.5, 0.6) is 0 Å². The number of nitrogens with zero attached hydrogens (tertiary/aromatic N) is 1. The largest absolute Gasteiger partial charge is 0.467 e. The number of furan rings is 1. The van der Waals surface area contributed by atoms with Gasteiger partial charge in [0.15, 0.2) is 0 Å². The summed E-state index contributed by atoms with van der Waals surface area (Å²) in [6, 6.07) is 1.81. The highest BCUT2D eigenvalue weighted by atomic mass is 16.5. The Morgan fingerprint density at radius 3 is 2.70 bits per heavy atom. The molecule has 3 rings (SSSR count). The van der Waals surface area contributed by atoms with Gasteiger partial charge in [-0.15, -0.1) is 0 Å². The third kappa shape index (κ3) is 3.29. The minimum absolute atomic E-state index is 0.0554. The van der Waals surface area contributed by atoms with Gasteiger partial charge in [0.2, 0.25) is 0 Å². The van der Waals surface area contributed by atoms with E-state index in [-0.39, 0.29) is 17.5 Å². The topological polar surface area (TPSA) is 80.7 Å². The fraction of sp³-hybridized carbons (Fsp3) is 0.706. The van der Waals surface area contributed by atoms with Gasteiger partial charge in [0, 0.05) is 24.7 Å². The first kappa shape index (κ1) is 16.5. The molecule has 0 radical (unpaired) electrons. The number of morpholine rings is 1. The van der Waals surface area contributed by atoms with E-state index in [1.54, 1.807) is 6.07 Å². The summed E-state index contributed by atoms with van der Waals surface area (Å²) in [5.74, 6) is 0.548. The van der Waals surface area contributed by atoms with Gasteiger partial charge in [-0.1, -0.05) is 12.8 Å². The van der Waals surface area contributed by atoms with E-state index >= 15 is 0 Å². The second-order valence-electron chi connectivity index (χ2n) is 6.61. The summed E-state index contributed by atoms with van der Waals surface area (Å²) in [4.78, 5) is 15.0. The molecule has 2 heterocycles. The van der Waals surface area contributed by atoms with Crippen molar-refractivity contribution in [1.82, 2.24) is 10.2 Å². The molecule has 1 aliphatic carbocycles. The van der Waals surface area contributed by atoms with Crippen LogP contribution in [-0.4, -0.2) is 48.7 Å². The Labute approximate surface area is 137 Å². The molecule has 1 saturated carbocycles. The zero-order chi connectivity index (χ0) is 16.3. The molecule has 2 fully saturated rings. The highest BCUT2D eigenvalue weighted by Crippen LogP contribution is 2.38. The zero-order valence-corrected chi connectivity index (χ0v) is 13.8. The summed E-state index contributed by atoms with van der Waals surface area (Å²) in [5, 5.41) is 3.19. The summed E-state index contributed by atoms with van der Waals surface area (Å²) in [5.41, 5.74) is 6.14. The zero-order valence-electron chi connectivity index (χ0n) is 13.8. The third-order valence-electron chi connectivity index (χ3n) is 5.38. The number of carbonyl (C=O) groups excluding carboxylic acids is 1. The molecule has 2 aliphatic rings. The van der Waals surface area contributed by atoms with Crippen LogP contribution < -0.4 is 11.1 Å². The predicted molar refractivity (Wildman–Crippen MR) is 87.1 cm³/mol. The molecule has 1 atom stereocenters. The lowest BCUT2D eigenvalue weighted by Gasteiger charge is -2.47. The molecule has 0 bridgehead atoms. The molecule has 1 aromatic heterocycles. The lowest BCUT2D eigenvalue weighted by atomic mass is 9.86. The molecule has 128 valence electrons. The van der Waals surface area contributed by atoms with Crippen molar-refractivity contribution in [2.24, 2.45) is 5.73 Å². The van der Waals surface area contributed by atoms with Gasteiger partial charge in [0.25, 0.3) is 5.91 Å². The normalized spacial score (nSPS) is 22.9. The molecular formula is C17H27N3O3. The molecule has 1 amide bonds. The average molecular weight is 321 g/mol. The first-order chi connectivity index (χ1) is 11.2. The lowest BCUT2D eigenvalue weighted by molar-refractivity contribution is -0.0323. The van der Waals surface area contributed by atoms with Crippen LogP contribution in [0.1, 0.15) is 48.7 Å². The summed E-state index contributed by atoms with van der Waals surface area (Å²) in [6.07, 6.45) is 6.20. The fourth-order valence-electron chi connectivity index (χ4n) is 4.04. The summed E-state index contributed by atoms with van der Waals surface area (Å²) in [6.45, 7) is 5.89. The number of nitrogens with two attached hydrogens (primary N) is 1. The van der Waals surface area contributed by atoms with Crippen LogP contribution in [0.15, 0.2) is 16.7 Å². The van der Waals surface area contributed by atoms with Crippen LogP contribution in [-0.2, 0) is 11.3 Å². The summed E-state index contributed by atoms with van der Waals surface area (Å²) in [7, 11) is 0. The van der Waals surface area contributed by atoms with Crippen molar-refractivity contribution in [3.8, 4) is 0 Å². The van der Waals surface area contributed by atoms with Gasteiger partial charge in [-0.05, 0) is 25.8 Å². The average Bonchev–Trinajstić information content (AvgIpc) is 3.25. The van der Waals surface area contributed by atoms with Gasteiger partial charge in [0.1, 0.15) is 12.0 Å². The van der Waals surface area contributed by atoms with Crippen molar-refractivity contribution in [1.29, 1.82) is 0 Å². The van der Waals surface area contributed by atoms with Crippen LogP contribution in [0.3, 0.4) is 0 Å². The maximum atomic E-state index is 12.5. The number of rotatable bonds is 5. The number of hydrogen-bond donors (Lipinski definition) is 2. The number of nitrogens with one attached hydrogen (secondary N) is 1. The van der Waals surface area contributed by atoms with Crippen molar-refractivity contribution in [3.05, 3.63) is 23.7 Å². The summed E-state index contributed by atoms with van der Waals surface area (Å²) >= 11 is 0. The molecule has 0 spiro atoms. The summed E-state index contributed by atoms with van der Waals surface area (Å²) < 4.78 is 10.8. The van der Waals surface area contributed by atoms with E-state index in [4.69, 9.17) is 14.9 Å². The minimum atomic E-state index is -0.0829. The minimum Gasteiger partial charge on any atom is -0.467 e. The first-order valence-electron chi connectivity index (χ1n) is 8.57. The van der Waals surface area contributed by atoms with E-state index in [2.05, 4.69) is 17.1 Å². The Balaban J connectivity index is 1.70. The number of ether oxygens (including phenoxy) is 1. The Morgan fingerprint density at radius 1 is 1.39 bits per heavy atom. The monoisotopic (exact) mass is 321 g/mol. The predicted octanol–water partition coefficient (Wildman–Crippen LogP) is 1.50. The van der Waals surface area contributed by atoms with E-state index in [1.807, 2.05) is 0 Å². The van der Waals surface area contributed by atoms with E-state index in [9.17, 15) is 4.79 Å². The quantitative estimate of drug-likeness (QED) is 0.859. The van der Waals surface area contributed by atoms with Gasteiger partial charge in [0.05, 0.1) is 25.3 Å². The maximum Gasteiger partial charge on any atom is 0.254 e. The highest BCUT2D eigenvalue weighted by molar-refractivity contribution is 5.94. The maximum absolute atomic E-state index is 12.5. The first-order valence-corrected chi connectivity index (χ1v) is 8.57. The Morgan fingerprint density at radius 2 is 2.09 bits per heavy atom.